The van der Waals surface area contributed by atoms with E-state index in [2.05, 4.69) is 29.4 Å². The van der Waals surface area contributed by atoms with Gasteiger partial charge >= 0.3 is 0 Å². The molecule has 12 heavy (non-hydrogen) atoms. The molecule has 1 saturated heterocycles. The summed E-state index contributed by atoms with van der Waals surface area (Å²) >= 11 is 0. The third-order valence-corrected chi connectivity index (χ3v) is 2.43. The van der Waals surface area contributed by atoms with Crippen LogP contribution >= 0.6 is 0 Å². The quantitative estimate of drug-likeness (QED) is 0.618. The molecule has 2 N–H and O–H groups in total. The van der Waals surface area contributed by atoms with E-state index < -0.39 is 0 Å². The van der Waals surface area contributed by atoms with Crippen LogP contribution in [0.1, 0.15) is 13.8 Å². The lowest BCUT2D eigenvalue weighted by Crippen LogP contribution is -2.54. The minimum Gasteiger partial charge on any atom is -0.315 e. The van der Waals surface area contributed by atoms with Crippen molar-refractivity contribution in [3.8, 4) is 0 Å². The Hall–Kier alpha value is -0.120. The minimum absolute atomic E-state index is 0.652. The number of hydrogen-bond acceptors (Lipinski definition) is 3. The van der Waals surface area contributed by atoms with Gasteiger partial charge in [-0.15, -0.1) is 0 Å². The van der Waals surface area contributed by atoms with Crippen molar-refractivity contribution in [1.82, 2.24) is 15.5 Å². The van der Waals surface area contributed by atoms with Crippen molar-refractivity contribution in [2.24, 2.45) is 0 Å². The Labute approximate surface area is 75.5 Å². The van der Waals surface area contributed by atoms with Crippen LogP contribution in [0.3, 0.4) is 0 Å². The molecule has 0 aromatic carbocycles. The number of nitrogens with zero attached hydrogens (tertiary/aromatic N) is 1. The van der Waals surface area contributed by atoms with Gasteiger partial charge in [-0.05, 0) is 13.1 Å². The molecule has 0 radical (unpaired) electrons. The van der Waals surface area contributed by atoms with Crippen molar-refractivity contribution in [2.75, 3.05) is 39.3 Å². The molecule has 72 valence electrons. The van der Waals surface area contributed by atoms with Gasteiger partial charge in [0.05, 0.1) is 0 Å². The summed E-state index contributed by atoms with van der Waals surface area (Å²) in [4.78, 5) is 2.50. The zero-order chi connectivity index (χ0) is 8.81. The molecule has 1 aliphatic rings. The smallest absolute Gasteiger partial charge is 0.0320 e. The van der Waals surface area contributed by atoms with Crippen LogP contribution in [-0.2, 0) is 0 Å². The second-order valence-electron chi connectivity index (χ2n) is 3.35. The summed E-state index contributed by atoms with van der Waals surface area (Å²) in [6.07, 6.45) is 0. The average Bonchev–Trinajstić information content (AvgIpc) is 2.15. The van der Waals surface area contributed by atoms with Crippen LogP contribution in [-0.4, -0.2) is 50.2 Å². The van der Waals surface area contributed by atoms with Crippen LogP contribution in [0.4, 0.5) is 0 Å². The van der Waals surface area contributed by atoms with Gasteiger partial charge in [-0.1, -0.05) is 13.8 Å². The molecule has 3 nitrogen and oxygen atoms in total. The molecular formula is C9H21N3. The molecule has 0 unspecified atom stereocenters. The fourth-order valence-corrected chi connectivity index (χ4v) is 1.64. The van der Waals surface area contributed by atoms with E-state index in [4.69, 9.17) is 0 Å². The van der Waals surface area contributed by atoms with Gasteiger partial charge in [0.1, 0.15) is 0 Å². The van der Waals surface area contributed by atoms with E-state index in [1.165, 1.54) is 19.6 Å². The van der Waals surface area contributed by atoms with Crippen LogP contribution in [0.25, 0.3) is 0 Å². The molecule has 0 saturated carbocycles. The van der Waals surface area contributed by atoms with Crippen LogP contribution in [0.2, 0.25) is 0 Å². The zero-order valence-corrected chi connectivity index (χ0v) is 8.27. The van der Waals surface area contributed by atoms with E-state index in [0.29, 0.717) is 6.04 Å². The first-order valence-corrected chi connectivity index (χ1v) is 5.03. The average molecular weight is 171 g/mol. The molecule has 0 bridgehead atoms. The molecule has 0 amide bonds. The highest BCUT2D eigenvalue weighted by Crippen LogP contribution is 1.96. The van der Waals surface area contributed by atoms with Gasteiger partial charge in [-0.2, -0.15) is 0 Å². The Balaban J connectivity index is 2.16. The second kappa shape index (κ2) is 5.51. The normalized spacial score (nSPS) is 26.0. The van der Waals surface area contributed by atoms with E-state index in [1.54, 1.807) is 0 Å². The maximum atomic E-state index is 3.51. The summed E-state index contributed by atoms with van der Waals surface area (Å²) < 4.78 is 0. The molecule has 3 heteroatoms. The highest BCUT2D eigenvalue weighted by molar-refractivity contribution is 4.79. The molecule has 0 aliphatic carbocycles. The molecule has 1 aliphatic heterocycles. The van der Waals surface area contributed by atoms with E-state index in [0.717, 1.165) is 19.6 Å². The third-order valence-electron chi connectivity index (χ3n) is 2.43. The van der Waals surface area contributed by atoms with Crippen molar-refractivity contribution >= 4 is 0 Å². The van der Waals surface area contributed by atoms with E-state index in [-0.39, 0.29) is 0 Å². The molecule has 1 heterocycles. The lowest BCUT2D eigenvalue weighted by atomic mass is 10.2. The van der Waals surface area contributed by atoms with Crippen molar-refractivity contribution in [2.45, 2.75) is 19.9 Å². The molecular weight excluding hydrogens is 150 g/mol. The molecule has 1 rings (SSSR count). The van der Waals surface area contributed by atoms with Crippen LogP contribution in [0, 0.1) is 0 Å². The summed E-state index contributed by atoms with van der Waals surface area (Å²) in [6.45, 7) is 11.3. The third kappa shape index (κ3) is 3.09. The predicted octanol–water partition coefficient (Wildman–Crippen LogP) is -0.110. The molecule has 1 fully saturated rings. The molecule has 0 aromatic rings. The predicted molar refractivity (Wildman–Crippen MR) is 52.4 cm³/mol. The van der Waals surface area contributed by atoms with Crippen LogP contribution in [0.5, 0.6) is 0 Å². The van der Waals surface area contributed by atoms with Crippen molar-refractivity contribution < 1.29 is 0 Å². The Morgan fingerprint density at radius 1 is 1.50 bits per heavy atom. The lowest BCUT2D eigenvalue weighted by molar-refractivity contribution is 0.206. The van der Waals surface area contributed by atoms with Gasteiger partial charge in [-0.3, -0.25) is 0 Å². The van der Waals surface area contributed by atoms with Crippen molar-refractivity contribution in [3.63, 3.8) is 0 Å². The van der Waals surface area contributed by atoms with Crippen LogP contribution in [0.15, 0.2) is 0 Å². The van der Waals surface area contributed by atoms with Gasteiger partial charge in [0, 0.05) is 32.2 Å². The Morgan fingerprint density at radius 3 is 3.00 bits per heavy atom. The van der Waals surface area contributed by atoms with Gasteiger partial charge < -0.3 is 15.5 Å². The highest BCUT2D eigenvalue weighted by atomic mass is 15.2. The van der Waals surface area contributed by atoms with Gasteiger partial charge in [0.25, 0.3) is 0 Å². The first-order valence-electron chi connectivity index (χ1n) is 5.03. The summed E-state index contributed by atoms with van der Waals surface area (Å²) in [7, 11) is 0. The van der Waals surface area contributed by atoms with Gasteiger partial charge in [0.2, 0.25) is 0 Å². The first-order chi connectivity index (χ1) is 5.86. The van der Waals surface area contributed by atoms with Gasteiger partial charge in [0.15, 0.2) is 0 Å². The fourth-order valence-electron chi connectivity index (χ4n) is 1.64. The minimum atomic E-state index is 0.652. The van der Waals surface area contributed by atoms with E-state index >= 15 is 0 Å². The Kier molecular flexibility index (Phi) is 4.58. The largest absolute Gasteiger partial charge is 0.315 e. The monoisotopic (exact) mass is 171 g/mol. The van der Waals surface area contributed by atoms with Gasteiger partial charge in [-0.25, -0.2) is 0 Å². The molecule has 1 atom stereocenters. The summed E-state index contributed by atoms with van der Waals surface area (Å²) in [5.41, 5.74) is 0. The number of likely N-dealkylation sites (N-methyl/N-ethyl adjacent to an activating group) is 2. The number of rotatable bonds is 4. The standard InChI is InChI=1S/C9H21N3/c1-3-10-7-9-8-12(4-2)6-5-11-9/h9-11H,3-8H2,1-2H3/t9-/m0/s1. The van der Waals surface area contributed by atoms with Crippen molar-refractivity contribution in [3.05, 3.63) is 0 Å². The first kappa shape index (κ1) is 9.96. The second-order valence-corrected chi connectivity index (χ2v) is 3.35. The number of hydrogen-bond donors (Lipinski definition) is 2. The molecule has 0 spiro atoms. The number of piperazine rings is 1. The summed E-state index contributed by atoms with van der Waals surface area (Å²) in [6, 6.07) is 0.652. The molecule has 0 aromatic heterocycles. The topological polar surface area (TPSA) is 27.3 Å². The maximum Gasteiger partial charge on any atom is 0.0320 e. The lowest BCUT2D eigenvalue weighted by Gasteiger charge is -2.32. The highest BCUT2D eigenvalue weighted by Gasteiger charge is 2.16. The maximum absolute atomic E-state index is 3.51. The SMILES string of the molecule is CCNC[C@H]1CN(CC)CCN1. The fraction of sp³-hybridized carbons (Fsp3) is 1.00. The summed E-state index contributed by atoms with van der Waals surface area (Å²) in [5, 5.41) is 6.89. The van der Waals surface area contributed by atoms with E-state index in [9.17, 15) is 0 Å². The van der Waals surface area contributed by atoms with Crippen LogP contribution < -0.4 is 10.6 Å². The Bertz CT molecular complexity index is 116. The van der Waals surface area contributed by atoms with E-state index in [1.807, 2.05) is 0 Å². The summed E-state index contributed by atoms with van der Waals surface area (Å²) in [5.74, 6) is 0. The zero-order valence-electron chi connectivity index (χ0n) is 8.27. The van der Waals surface area contributed by atoms with Crippen molar-refractivity contribution in [1.29, 1.82) is 0 Å². The number of nitrogens with one attached hydrogen (secondary N) is 2. The Morgan fingerprint density at radius 2 is 2.33 bits per heavy atom.